The largest absolute Gasteiger partial charge is 0.438 e. The predicted molar refractivity (Wildman–Crippen MR) is 102 cm³/mol. The topological polar surface area (TPSA) is 49.8 Å². The number of amides is 1. The Morgan fingerprint density at radius 2 is 1.81 bits per heavy atom. The first-order valence-electron chi connectivity index (χ1n) is 9.00. The van der Waals surface area contributed by atoms with Crippen molar-refractivity contribution in [2.24, 2.45) is 0 Å². The molecular weight excluding hydrogens is 369 g/mol. The SMILES string of the molecule is C[C@@H](O)C[C@]1(c2ccc(F)cc2)CCN([C@@H](C)c2ccc(Cl)cc2)C(=O)O1. The summed E-state index contributed by atoms with van der Waals surface area (Å²) in [4.78, 5) is 14.5. The van der Waals surface area contributed by atoms with Crippen molar-refractivity contribution < 1.29 is 19.0 Å². The van der Waals surface area contributed by atoms with Gasteiger partial charge in [-0.2, -0.15) is 0 Å². The van der Waals surface area contributed by atoms with Gasteiger partial charge >= 0.3 is 6.09 Å². The minimum Gasteiger partial charge on any atom is -0.438 e. The highest BCUT2D eigenvalue weighted by Crippen LogP contribution is 2.40. The maximum Gasteiger partial charge on any atom is 0.411 e. The summed E-state index contributed by atoms with van der Waals surface area (Å²) in [5, 5.41) is 10.6. The highest BCUT2D eigenvalue weighted by molar-refractivity contribution is 6.30. The van der Waals surface area contributed by atoms with Crippen LogP contribution in [0.4, 0.5) is 9.18 Å². The second kappa shape index (κ2) is 7.87. The van der Waals surface area contributed by atoms with Gasteiger partial charge in [-0.3, -0.25) is 0 Å². The number of halogens is 2. The van der Waals surface area contributed by atoms with Crippen molar-refractivity contribution >= 4 is 17.7 Å². The number of benzene rings is 2. The van der Waals surface area contributed by atoms with Crippen LogP contribution in [0.3, 0.4) is 0 Å². The fraction of sp³-hybridized carbons (Fsp3) is 0.381. The number of aliphatic hydroxyl groups is 1. The molecule has 1 N–H and O–H groups in total. The van der Waals surface area contributed by atoms with Gasteiger partial charge in [0.25, 0.3) is 0 Å². The van der Waals surface area contributed by atoms with Gasteiger partial charge in [0.05, 0.1) is 12.1 Å². The van der Waals surface area contributed by atoms with E-state index in [-0.39, 0.29) is 18.3 Å². The lowest BCUT2D eigenvalue weighted by atomic mass is 9.84. The maximum atomic E-state index is 13.3. The minimum absolute atomic E-state index is 0.174. The molecule has 4 nitrogen and oxygen atoms in total. The van der Waals surface area contributed by atoms with Gasteiger partial charge in [0.2, 0.25) is 0 Å². The zero-order valence-corrected chi connectivity index (χ0v) is 16.1. The lowest BCUT2D eigenvalue weighted by Gasteiger charge is -2.44. The second-order valence-corrected chi connectivity index (χ2v) is 7.53. The molecule has 1 saturated heterocycles. The molecule has 1 aliphatic heterocycles. The summed E-state index contributed by atoms with van der Waals surface area (Å²) in [6.07, 6.45) is -0.349. The van der Waals surface area contributed by atoms with Crippen LogP contribution in [0.15, 0.2) is 48.5 Å². The lowest BCUT2D eigenvalue weighted by Crippen LogP contribution is -2.49. The third-order valence-electron chi connectivity index (χ3n) is 5.09. The van der Waals surface area contributed by atoms with Crippen molar-refractivity contribution in [3.05, 3.63) is 70.5 Å². The van der Waals surface area contributed by atoms with E-state index in [1.54, 1.807) is 36.1 Å². The lowest BCUT2D eigenvalue weighted by molar-refractivity contribution is -0.0815. The van der Waals surface area contributed by atoms with Gasteiger partial charge in [0.15, 0.2) is 0 Å². The third kappa shape index (κ3) is 4.25. The first kappa shape index (κ1) is 19.6. The average molecular weight is 392 g/mol. The molecule has 1 amide bonds. The second-order valence-electron chi connectivity index (χ2n) is 7.09. The van der Waals surface area contributed by atoms with Crippen LogP contribution in [0.1, 0.15) is 43.9 Å². The quantitative estimate of drug-likeness (QED) is 0.776. The molecule has 1 fully saturated rings. The summed E-state index contributed by atoms with van der Waals surface area (Å²) in [7, 11) is 0. The molecule has 1 heterocycles. The number of carbonyl (C=O) groups is 1. The Balaban J connectivity index is 1.84. The Morgan fingerprint density at radius 3 is 2.37 bits per heavy atom. The Morgan fingerprint density at radius 1 is 1.19 bits per heavy atom. The van der Waals surface area contributed by atoms with Crippen LogP contribution in [-0.2, 0) is 10.3 Å². The van der Waals surface area contributed by atoms with E-state index in [0.29, 0.717) is 23.6 Å². The predicted octanol–water partition coefficient (Wildman–Crippen LogP) is 5.05. The smallest absolute Gasteiger partial charge is 0.411 e. The number of nitrogens with zero attached hydrogens (tertiary/aromatic N) is 1. The monoisotopic (exact) mass is 391 g/mol. The number of carbonyl (C=O) groups excluding carboxylic acids is 1. The molecule has 2 aromatic rings. The normalized spacial score (nSPS) is 22.3. The zero-order chi connectivity index (χ0) is 19.6. The van der Waals surface area contributed by atoms with Gasteiger partial charge in [-0.25, -0.2) is 9.18 Å². The molecule has 2 aromatic carbocycles. The van der Waals surface area contributed by atoms with Crippen LogP contribution in [0.2, 0.25) is 5.02 Å². The number of hydrogen-bond donors (Lipinski definition) is 1. The van der Waals surface area contributed by atoms with E-state index in [9.17, 15) is 14.3 Å². The van der Waals surface area contributed by atoms with Gasteiger partial charge < -0.3 is 14.7 Å². The third-order valence-corrected chi connectivity index (χ3v) is 5.34. The van der Waals surface area contributed by atoms with Crippen LogP contribution < -0.4 is 0 Å². The van der Waals surface area contributed by atoms with Crippen LogP contribution in [0.25, 0.3) is 0 Å². The molecule has 144 valence electrons. The van der Waals surface area contributed by atoms with Crippen molar-refractivity contribution in [2.45, 2.75) is 44.4 Å². The summed E-state index contributed by atoms with van der Waals surface area (Å²) in [6, 6.07) is 13.1. The summed E-state index contributed by atoms with van der Waals surface area (Å²) < 4.78 is 19.2. The van der Waals surface area contributed by atoms with Gasteiger partial charge in [-0.1, -0.05) is 35.9 Å². The van der Waals surface area contributed by atoms with Crippen LogP contribution >= 0.6 is 11.6 Å². The van der Waals surface area contributed by atoms with Crippen molar-refractivity contribution in [1.82, 2.24) is 4.90 Å². The summed E-state index contributed by atoms with van der Waals surface area (Å²) in [5.74, 6) is -0.355. The zero-order valence-electron chi connectivity index (χ0n) is 15.4. The Hall–Kier alpha value is -2.11. The summed E-state index contributed by atoms with van der Waals surface area (Å²) in [6.45, 7) is 4.05. The highest BCUT2D eigenvalue weighted by atomic mass is 35.5. The first-order valence-corrected chi connectivity index (χ1v) is 9.38. The maximum absolute atomic E-state index is 13.3. The molecular formula is C21H23ClFNO3. The minimum atomic E-state index is -0.963. The number of ether oxygens (including phenoxy) is 1. The van der Waals surface area contributed by atoms with E-state index in [4.69, 9.17) is 16.3 Å². The van der Waals surface area contributed by atoms with Gasteiger partial charge in [0, 0.05) is 24.4 Å². The van der Waals surface area contributed by atoms with Crippen molar-refractivity contribution in [1.29, 1.82) is 0 Å². The summed E-state index contributed by atoms with van der Waals surface area (Å²) >= 11 is 5.94. The number of rotatable bonds is 5. The van der Waals surface area contributed by atoms with Crippen molar-refractivity contribution in [3.63, 3.8) is 0 Å². The molecule has 0 aliphatic carbocycles. The van der Waals surface area contributed by atoms with E-state index >= 15 is 0 Å². The molecule has 0 radical (unpaired) electrons. The molecule has 0 aromatic heterocycles. The molecule has 0 spiro atoms. The Kier molecular flexibility index (Phi) is 5.72. The first-order chi connectivity index (χ1) is 12.8. The molecule has 3 atom stereocenters. The van der Waals surface area contributed by atoms with Gasteiger partial charge in [-0.05, 0) is 49.2 Å². The molecule has 1 aliphatic rings. The fourth-order valence-corrected chi connectivity index (χ4v) is 3.76. The standard InChI is InChI=1S/C21H23ClFNO3/c1-14(25)13-21(17-5-9-19(23)10-6-17)11-12-24(20(26)27-21)15(2)16-3-7-18(22)8-4-16/h3-10,14-15,25H,11-13H2,1-2H3/t14-,15+,21+/m1/s1. The number of aliphatic hydroxyl groups excluding tert-OH is 1. The van der Waals surface area contributed by atoms with E-state index in [2.05, 4.69) is 0 Å². The average Bonchev–Trinajstić information content (AvgIpc) is 2.62. The molecule has 0 saturated carbocycles. The Labute approximate surface area is 163 Å². The molecule has 3 rings (SSSR count). The van der Waals surface area contributed by atoms with E-state index in [1.807, 2.05) is 19.1 Å². The van der Waals surface area contributed by atoms with Gasteiger partial charge in [0.1, 0.15) is 11.4 Å². The van der Waals surface area contributed by atoms with Crippen molar-refractivity contribution in [2.75, 3.05) is 6.54 Å². The number of hydrogen-bond acceptors (Lipinski definition) is 3. The summed E-state index contributed by atoms with van der Waals surface area (Å²) in [5.41, 5.74) is 0.688. The molecule has 0 unspecified atom stereocenters. The van der Waals surface area contributed by atoms with Gasteiger partial charge in [-0.15, -0.1) is 0 Å². The van der Waals surface area contributed by atoms with E-state index < -0.39 is 17.8 Å². The van der Waals surface area contributed by atoms with Crippen molar-refractivity contribution in [3.8, 4) is 0 Å². The number of cyclic esters (lactones) is 1. The fourth-order valence-electron chi connectivity index (χ4n) is 3.64. The molecule has 27 heavy (non-hydrogen) atoms. The molecule has 6 heteroatoms. The van der Waals surface area contributed by atoms with Crippen LogP contribution in [0, 0.1) is 5.82 Å². The van der Waals surface area contributed by atoms with Crippen LogP contribution in [0.5, 0.6) is 0 Å². The molecule has 0 bridgehead atoms. The van der Waals surface area contributed by atoms with E-state index in [0.717, 1.165) is 5.56 Å². The van der Waals surface area contributed by atoms with E-state index in [1.165, 1.54) is 12.1 Å². The Bertz CT molecular complexity index is 794. The highest BCUT2D eigenvalue weighted by Gasteiger charge is 2.44. The van der Waals surface area contributed by atoms with Crippen LogP contribution in [-0.4, -0.2) is 28.7 Å².